The van der Waals surface area contributed by atoms with Gasteiger partial charge in [-0.3, -0.25) is 13.9 Å². The Hall–Kier alpha value is -3.36. The van der Waals surface area contributed by atoms with Crippen molar-refractivity contribution in [1.29, 1.82) is 0 Å². The zero-order valence-electron chi connectivity index (χ0n) is 23.6. The van der Waals surface area contributed by atoms with Gasteiger partial charge in [-0.05, 0) is 67.6 Å². The maximum atomic E-state index is 13.8. The van der Waals surface area contributed by atoms with Crippen LogP contribution in [0.1, 0.15) is 42.0 Å². The second-order valence-electron chi connectivity index (χ2n) is 10.00. The van der Waals surface area contributed by atoms with E-state index in [1.54, 1.807) is 11.0 Å². The third kappa shape index (κ3) is 8.83. The van der Waals surface area contributed by atoms with Crippen molar-refractivity contribution in [2.75, 3.05) is 23.7 Å². The third-order valence-electron chi connectivity index (χ3n) is 6.57. The number of carbonyl (C=O) groups is 2. The Kier molecular flexibility index (Phi) is 11.2. The highest BCUT2D eigenvalue weighted by Gasteiger charge is 2.30. The predicted octanol–water partition coefficient (Wildman–Crippen LogP) is 5.28. The minimum absolute atomic E-state index is 0.0615. The molecule has 0 fully saturated rings. The number of amides is 2. The lowest BCUT2D eigenvalue weighted by atomic mass is 10.0. The van der Waals surface area contributed by atoms with Gasteiger partial charge in [-0.1, -0.05) is 66.2 Å². The molecule has 1 atom stereocenters. The van der Waals surface area contributed by atoms with Gasteiger partial charge < -0.3 is 10.2 Å². The lowest BCUT2D eigenvalue weighted by Gasteiger charge is -2.32. The number of benzene rings is 3. The Bertz CT molecular complexity index is 1390. The number of hydrogen-bond donors (Lipinski definition) is 1. The summed E-state index contributed by atoms with van der Waals surface area (Å²) in [6, 6.07) is 21.7. The van der Waals surface area contributed by atoms with Gasteiger partial charge in [0.15, 0.2) is 0 Å². The summed E-state index contributed by atoms with van der Waals surface area (Å²) in [6.07, 6.45) is 1.85. The molecule has 0 aliphatic carbocycles. The van der Waals surface area contributed by atoms with Crippen molar-refractivity contribution in [1.82, 2.24) is 10.2 Å². The van der Waals surface area contributed by atoms with E-state index in [1.165, 1.54) is 10.6 Å². The maximum Gasteiger partial charge on any atom is 0.243 e. The molecule has 0 spiro atoms. The van der Waals surface area contributed by atoms with Gasteiger partial charge in [0.05, 0.1) is 11.9 Å². The first-order valence-electron chi connectivity index (χ1n) is 13.4. The molecule has 0 aromatic heterocycles. The normalized spacial score (nSPS) is 12.0. The molecule has 7 nitrogen and oxygen atoms in total. The second-order valence-corrected chi connectivity index (χ2v) is 12.3. The van der Waals surface area contributed by atoms with Crippen LogP contribution in [-0.4, -0.2) is 50.5 Å². The lowest BCUT2D eigenvalue weighted by Crippen LogP contribution is -2.50. The highest BCUT2D eigenvalue weighted by molar-refractivity contribution is 7.92. The Morgan fingerprint density at radius 3 is 2.17 bits per heavy atom. The van der Waals surface area contributed by atoms with Crippen molar-refractivity contribution in [3.8, 4) is 0 Å². The first-order chi connectivity index (χ1) is 19.0. The molecule has 9 heteroatoms. The number of nitrogens with one attached hydrogen (secondary N) is 1. The Balaban J connectivity index is 1.88. The average molecular weight is 584 g/mol. The molecule has 40 heavy (non-hydrogen) atoms. The smallest absolute Gasteiger partial charge is 0.243 e. The summed E-state index contributed by atoms with van der Waals surface area (Å²) in [4.78, 5) is 28.7. The average Bonchev–Trinajstić information content (AvgIpc) is 2.89. The van der Waals surface area contributed by atoms with Crippen LogP contribution in [0.4, 0.5) is 5.69 Å². The fraction of sp³-hybridized carbons (Fsp3) is 0.355. The fourth-order valence-corrected chi connectivity index (χ4v) is 5.90. The summed E-state index contributed by atoms with van der Waals surface area (Å²) >= 11 is 6.46. The molecule has 0 radical (unpaired) electrons. The van der Waals surface area contributed by atoms with E-state index in [9.17, 15) is 18.0 Å². The quantitative estimate of drug-likeness (QED) is 0.297. The zero-order valence-corrected chi connectivity index (χ0v) is 25.1. The van der Waals surface area contributed by atoms with Crippen LogP contribution in [-0.2, 0) is 32.6 Å². The minimum atomic E-state index is -3.57. The summed E-state index contributed by atoms with van der Waals surface area (Å²) in [5.74, 6) is -0.499. The van der Waals surface area contributed by atoms with Crippen LogP contribution in [0.5, 0.6) is 0 Å². The van der Waals surface area contributed by atoms with E-state index in [0.29, 0.717) is 23.7 Å². The summed E-state index contributed by atoms with van der Waals surface area (Å²) in [5, 5.41) is 3.38. The molecule has 0 saturated heterocycles. The van der Waals surface area contributed by atoms with Crippen molar-refractivity contribution in [3.63, 3.8) is 0 Å². The largest absolute Gasteiger partial charge is 0.355 e. The van der Waals surface area contributed by atoms with Crippen LogP contribution in [0, 0.1) is 13.8 Å². The molecule has 0 aliphatic heterocycles. The molecule has 3 aromatic rings. The van der Waals surface area contributed by atoms with E-state index in [0.717, 1.165) is 22.3 Å². The Morgan fingerprint density at radius 2 is 1.57 bits per heavy atom. The minimum Gasteiger partial charge on any atom is -0.355 e. The van der Waals surface area contributed by atoms with Crippen molar-refractivity contribution >= 4 is 39.1 Å². The molecule has 0 saturated carbocycles. The number of likely N-dealkylation sites (N-methyl/N-ethyl adjacent to an activating group) is 1. The highest BCUT2D eigenvalue weighted by atomic mass is 35.5. The van der Waals surface area contributed by atoms with Crippen LogP contribution in [0.2, 0.25) is 5.02 Å². The molecule has 0 heterocycles. The molecule has 0 aliphatic rings. The fourth-order valence-electron chi connectivity index (χ4n) is 4.75. The molecule has 1 N–H and O–H groups in total. The van der Waals surface area contributed by atoms with Crippen molar-refractivity contribution in [3.05, 3.63) is 100 Å². The van der Waals surface area contributed by atoms with Crippen LogP contribution in [0.25, 0.3) is 0 Å². The lowest BCUT2D eigenvalue weighted by molar-refractivity contribution is -0.141. The summed E-state index contributed by atoms with van der Waals surface area (Å²) in [7, 11) is -3.57. The Morgan fingerprint density at radius 1 is 0.950 bits per heavy atom. The van der Waals surface area contributed by atoms with Gasteiger partial charge in [0, 0.05) is 37.5 Å². The van der Waals surface area contributed by atoms with Gasteiger partial charge in [0.25, 0.3) is 0 Å². The number of anilines is 1. The monoisotopic (exact) mass is 583 g/mol. The molecular formula is C31H38ClN3O4S. The molecular weight excluding hydrogens is 546 g/mol. The summed E-state index contributed by atoms with van der Waals surface area (Å²) < 4.78 is 26.7. The summed E-state index contributed by atoms with van der Waals surface area (Å²) in [6.45, 7) is 6.39. The van der Waals surface area contributed by atoms with Crippen LogP contribution in [0.3, 0.4) is 0 Å². The van der Waals surface area contributed by atoms with E-state index in [1.807, 2.05) is 87.5 Å². The van der Waals surface area contributed by atoms with Gasteiger partial charge in [-0.15, -0.1) is 0 Å². The summed E-state index contributed by atoms with van der Waals surface area (Å²) in [5.41, 5.74) is 4.14. The standard InChI is InChI=1S/C31H38ClN3O4S/c1-5-33-31(37)29(21-25-12-7-6-8-13-25)34(22-26-14-9-10-15-28(26)32)30(36)16-11-17-35(40(4,38)39)27-19-23(2)18-24(3)20-27/h6-10,12-15,18-20,29H,5,11,16-17,21-22H2,1-4H3,(H,33,37)/t29-/m0/s1. The van der Waals surface area contributed by atoms with Crippen LogP contribution in [0.15, 0.2) is 72.8 Å². The first-order valence-corrected chi connectivity index (χ1v) is 15.6. The zero-order chi connectivity index (χ0) is 29.3. The van der Waals surface area contributed by atoms with Gasteiger partial charge >= 0.3 is 0 Å². The number of aryl methyl sites for hydroxylation is 2. The van der Waals surface area contributed by atoms with E-state index in [2.05, 4.69) is 5.32 Å². The number of nitrogens with zero attached hydrogens (tertiary/aromatic N) is 2. The Labute approximate surface area is 243 Å². The third-order valence-corrected chi connectivity index (χ3v) is 8.13. The van der Waals surface area contributed by atoms with Gasteiger partial charge in [0.2, 0.25) is 21.8 Å². The number of halogens is 1. The van der Waals surface area contributed by atoms with Crippen molar-refractivity contribution in [2.45, 2.75) is 52.6 Å². The van der Waals surface area contributed by atoms with Crippen molar-refractivity contribution in [2.24, 2.45) is 0 Å². The second kappa shape index (κ2) is 14.3. The number of carbonyl (C=O) groups excluding carboxylic acids is 2. The molecule has 214 valence electrons. The molecule has 3 aromatic carbocycles. The van der Waals surface area contributed by atoms with Gasteiger partial charge in [0.1, 0.15) is 6.04 Å². The first kappa shape index (κ1) is 31.2. The topological polar surface area (TPSA) is 86.8 Å². The van der Waals surface area contributed by atoms with Gasteiger partial charge in [-0.25, -0.2) is 8.42 Å². The van der Waals surface area contributed by atoms with Gasteiger partial charge in [-0.2, -0.15) is 0 Å². The van der Waals surface area contributed by atoms with Crippen molar-refractivity contribution < 1.29 is 18.0 Å². The van der Waals surface area contributed by atoms with E-state index in [4.69, 9.17) is 11.6 Å². The van der Waals surface area contributed by atoms with E-state index < -0.39 is 16.1 Å². The maximum absolute atomic E-state index is 13.8. The number of hydrogen-bond acceptors (Lipinski definition) is 4. The molecule has 3 rings (SSSR count). The number of sulfonamides is 1. The number of rotatable bonds is 13. The predicted molar refractivity (Wildman–Crippen MR) is 162 cm³/mol. The molecule has 0 unspecified atom stereocenters. The molecule has 0 bridgehead atoms. The van der Waals surface area contributed by atoms with Crippen LogP contribution < -0.4 is 9.62 Å². The SMILES string of the molecule is CCNC(=O)[C@H](Cc1ccccc1)N(Cc1ccccc1Cl)C(=O)CCCN(c1cc(C)cc(C)c1)S(C)(=O)=O. The van der Waals surface area contributed by atoms with E-state index in [-0.39, 0.29) is 37.7 Å². The van der Waals surface area contributed by atoms with Crippen LogP contribution >= 0.6 is 11.6 Å². The van der Waals surface area contributed by atoms with E-state index >= 15 is 0 Å². The molecule has 2 amide bonds. The highest BCUT2D eigenvalue weighted by Crippen LogP contribution is 2.24.